The SMILES string of the molecule is CCCN(CCC)C(=O)CCCC(=O)N1CCCC(CNC(=O)Nc2ccc(C)cc2)C1. The van der Waals surface area contributed by atoms with Crippen molar-refractivity contribution >= 4 is 23.5 Å². The molecule has 1 aliphatic rings. The van der Waals surface area contributed by atoms with Crippen molar-refractivity contribution in [2.75, 3.05) is 38.0 Å². The molecule has 0 bridgehead atoms. The number of hydrogen-bond donors (Lipinski definition) is 2. The number of anilines is 1. The monoisotopic (exact) mass is 444 g/mol. The van der Waals surface area contributed by atoms with Crippen LogP contribution in [0.15, 0.2) is 24.3 Å². The lowest BCUT2D eigenvalue weighted by Crippen LogP contribution is -2.44. The Kier molecular flexibility index (Phi) is 11.0. The molecular weight excluding hydrogens is 404 g/mol. The molecule has 0 aromatic heterocycles. The van der Waals surface area contributed by atoms with Gasteiger partial charge in [-0.15, -0.1) is 0 Å². The number of amides is 4. The quantitative estimate of drug-likeness (QED) is 0.537. The first-order valence-corrected chi connectivity index (χ1v) is 12.1. The summed E-state index contributed by atoms with van der Waals surface area (Å²) in [5.41, 5.74) is 1.91. The fourth-order valence-electron chi connectivity index (χ4n) is 4.12. The van der Waals surface area contributed by atoms with Crippen molar-refractivity contribution in [3.8, 4) is 0 Å². The minimum atomic E-state index is -0.223. The fraction of sp³-hybridized carbons (Fsp3) is 0.640. The van der Waals surface area contributed by atoms with Crippen molar-refractivity contribution < 1.29 is 14.4 Å². The molecule has 0 radical (unpaired) electrons. The first-order valence-electron chi connectivity index (χ1n) is 12.1. The molecule has 0 spiro atoms. The van der Waals surface area contributed by atoms with Gasteiger partial charge < -0.3 is 20.4 Å². The second-order valence-electron chi connectivity index (χ2n) is 8.78. The van der Waals surface area contributed by atoms with Crippen molar-refractivity contribution in [3.05, 3.63) is 29.8 Å². The molecule has 7 heteroatoms. The maximum absolute atomic E-state index is 12.7. The Morgan fingerprint density at radius 3 is 2.41 bits per heavy atom. The summed E-state index contributed by atoms with van der Waals surface area (Å²) >= 11 is 0. The van der Waals surface area contributed by atoms with Crippen molar-refractivity contribution in [1.82, 2.24) is 15.1 Å². The van der Waals surface area contributed by atoms with Crippen molar-refractivity contribution in [2.45, 2.75) is 65.7 Å². The van der Waals surface area contributed by atoms with Gasteiger partial charge in [-0.3, -0.25) is 9.59 Å². The van der Waals surface area contributed by atoms with Crippen LogP contribution in [0.1, 0.15) is 64.4 Å². The summed E-state index contributed by atoms with van der Waals surface area (Å²) in [6, 6.07) is 7.45. The predicted octanol–water partition coefficient (Wildman–Crippen LogP) is 4.17. The zero-order chi connectivity index (χ0) is 23.3. The molecule has 1 unspecified atom stereocenters. The molecule has 1 atom stereocenters. The number of urea groups is 1. The molecule has 4 amide bonds. The van der Waals surface area contributed by atoms with Crippen LogP contribution in [0.25, 0.3) is 0 Å². The van der Waals surface area contributed by atoms with E-state index in [0.717, 1.165) is 56.6 Å². The molecular formula is C25H40N4O3. The van der Waals surface area contributed by atoms with Gasteiger partial charge in [-0.2, -0.15) is 0 Å². The number of piperidine rings is 1. The molecule has 1 aromatic carbocycles. The van der Waals surface area contributed by atoms with Gasteiger partial charge in [0.15, 0.2) is 0 Å². The van der Waals surface area contributed by atoms with E-state index in [1.165, 1.54) is 0 Å². The smallest absolute Gasteiger partial charge is 0.319 e. The Labute approximate surface area is 192 Å². The standard InChI is InChI=1S/C25H40N4O3/c1-4-15-28(16-5-2)23(30)9-6-10-24(31)29-17-7-8-21(19-29)18-26-25(32)27-22-13-11-20(3)12-14-22/h11-14,21H,4-10,15-19H2,1-3H3,(H2,26,27,32). The molecule has 7 nitrogen and oxygen atoms in total. The summed E-state index contributed by atoms with van der Waals surface area (Å²) < 4.78 is 0. The minimum Gasteiger partial charge on any atom is -0.343 e. The lowest BCUT2D eigenvalue weighted by molar-refractivity contribution is -0.134. The van der Waals surface area contributed by atoms with Crippen molar-refractivity contribution in [1.29, 1.82) is 0 Å². The molecule has 1 fully saturated rings. The highest BCUT2D eigenvalue weighted by atomic mass is 16.2. The van der Waals surface area contributed by atoms with Gasteiger partial charge in [0, 0.05) is 51.3 Å². The highest BCUT2D eigenvalue weighted by Gasteiger charge is 2.24. The number of nitrogens with one attached hydrogen (secondary N) is 2. The zero-order valence-electron chi connectivity index (χ0n) is 20.0. The molecule has 0 aliphatic carbocycles. The Hall–Kier alpha value is -2.57. The molecule has 2 rings (SSSR count). The van der Waals surface area contributed by atoms with Gasteiger partial charge >= 0.3 is 6.03 Å². The zero-order valence-corrected chi connectivity index (χ0v) is 20.0. The average molecular weight is 445 g/mol. The largest absolute Gasteiger partial charge is 0.343 e. The number of carbonyl (C=O) groups is 3. The van der Waals surface area contributed by atoms with E-state index in [1.54, 1.807) is 0 Å². The van der Waals surface area contributed by atoms with Crippen LogP contribution in [-0.4, -0.2) is 60.4 Å². The number of rotatable bonds is 11. The topological polar surface area (TPSA) is 81.8 Å². The summed E-state index contributed by atoms with van der Waals surface area (Å²) in [5, 5.41) is 5.77. The third kappa shape index (κ3) is 8.89. The normalized spacial score (nSPS) is 15.8. The van der Waals surface area contributed by atoms with Crippen LogP contribution in [0.3, 0.4) is 0 Å². The number of aryl methyl sites for hydroxylation is 1. The maximum Gasteiger partial charge on any atom is 0.319 e. The first-order chi connectivity index (χ1) is 15.4. The van der Waals surface area contributed by atoms with Gasteiger partial charge in [0.25, 0.3) is 0 Å². The van der Waals surface area contributed by atoms with E-state index in [1.807, 2.05) is 41.0 Å². The summed E-state index contributed by atoms with van der Waals surface area (Å²) in [5.74, 6) is 0.522. The Bertz CT molecular complexity index is 729. The molecule has 1 heterocycles. The molecule has 1 aliphatic heterocycles. The van der Waals surface area contributed by atoms with Crippen LogP contribution in [0.4, 0.5) is 10.5 Å². The Balaban J connectivity index is 1.69. The summed E-state index contributed by atoms with van der Waals surface area (Å²) in [7, 11) is 0. The molecule has 32 heavy (non-hydrogen) atoms. The summed E-state index contributed by atoms with van der Waals surface area (Å²) in [6.07, 6.45) is 5.29. The second-order valence-corrected chi connectivity index (χ2v) is 8.78. The van der Waals surface area contributed by atoms with Crippen LogP contribution in [0.2, 0.25) is 0 Å². The van der Waals surface area contributed by atoms with E-state index in [4.69, 9.17) is 0 Å². The van der Waals surface area contributed by atoms with Gasteiger partial charge in [-0.25, -0.2) is 4.79 Å². The fourth-order valence-corrected chi connectivity index (χ4v) is 4.12. The van der Waals surface area contributed by atoms with Gasteiger partial charge in [0.1, 0.15) is 0 Å². The summed E-state index contributed by atoms with van der Waals surface area (Å²) in [6.45, 7) is 9.71. The summed E-state index contributed by atoms with van der Waals surface area (Å²) in [4.78, 5) is 41.0. The van der Waals surface area contributed by atoms with E-state index in [9.17, 15) is 14.4 Å². The van der Waals surface area contributed by atoms with E-state index in [-0.39, 0.29) is 23.8 Å². The van der Waals surface area contributed by atoms with Gasteiger partial charge in [-0.05, 0) is 57.1 Å². The number of hydrogen-bond acceptors (Lipinski definition) is 3. The number of nitrogens with zero attached hydrogens (tertiary/aromatic N) is 2. The Morgan fingerprint density at radius 2 is 1.75 bits per heavy atom. The molecule has 2 N–H and O–H groups in total. The predicted molar refractivity (Wildman–Crippen MR) is 129 cm³/mol. The number of benzene rings is 1. The van der Waals surface area contributed by atoms with Crippen molar-refractivity contribution in [3.63, 3.8) is 0 Å². The Morgan fingerprint density at radius 1 is 1.06 bits per heavy atom. The first kappa shape index (κ1) is 25.7. The van der Waals surface area contributed by atoms with E-state index >= 15 is 0 Å². The minimum absolute atomic E-state index is 0.115. The van der Waals surface area contributed by atoms with E-state index < -0.39 is 0 Å². The van der Waals surface area contributed by atoms with Gasteiger partial charge in [0.05, 0.1) is 0 Å². The van der Waals surface area contributed by atoms with Gasteiger partial charge in [0.2, 0.25) is 11.8 Å². The molecule has 1 aromatic rings. The van der Waals surface area contributed by atoms with Crippen LogP contribution < -0.4 is 10.6 Å². The molecule has 0 saturated carbocycles. The molecule has 1 saturated heterocycles. The van der Waals surface area contributed by atoms with E-state index in [2.05, 4.69) is 24.5 Å². The lowest BCUT2D eigenvalue weighted by atomic mass is 9.97. The van der Waals surface area contributed by atoms with Crippen LogP contribution >= 0.6 is 0 Å². The third-order valence-corrected chi connectivity index (χ3v) is 5.85. The van der Waals surface area contributed by atoms with Crippen LogP contribution in [0, 0.1) is 12.8 Å². The van der Waals surface area contributed by atoms with Crippen LogP contribution in [-0.2, 0) is 9.59 Å². The second kappa shape index (κ2) is 13.8. The number of carbonyl (C=O) groups excluding carboxylic acids is 3. The lowest BCUT2D eigenvalue weighted by Gasteiger charge is -2.33. The third-order valence-electron chi connectivity index (χ3n) is 5.85. The maximum atomic E-state index is 12.7. The average Bonchev–Trinajstić information content (AvgIpc) is 2.79. The van der Waals surface area contributed by atoms with E-state index in [0.29, 0.717) is 32.4 Å². The molecule has 178 valence electrons. The van der Waals surface area contributed by atoms with Gasteiger partial charge in [-0.1, -0.05) is 31.5 Å². The van der Waals surface area contributed by atoms with Crippen LogP contribution in [0.5, 0.6) is 0 Å². The highest BCUT2D eigenvalue weighted by molar-refractivity contribution is 5.89. The highest BCUT2D eigenvalue weighted by Crippen LogP contribution is 2.18. The number of likely N-dealkylation sites (tertiary alicyclic amines) is 1. The van der Waals surface area contributed by atoms with Crippen molar-refractivity contribution in [2.24, 2.45) is 5.92 Å².